The van der Waals surface area contributed by atoms with Crippen molar-refractivity contribution >= 4 is 34.8 Å². The molecule has 10 heteroatoms. The van der Waals surface area contributed by atoms with Gasteiger partial charge in [0.25, 0.3) is 11.9 Å². The van der Waals surface area contributed by atoms with Crippen molar-refractivity contribution in [3.63, 3.8) is 0 Å². The van der Waals surface area contributed by atoms with E-state index in [1.54, 1.807) is 66.5 Å². The molecule has 8 nitrogen and oxygen atoms in total. The number of halogens is 2. The third kappa shape index (κ3) is 3.77. The number of carbonyl (C=O) groups is 1. The molecule has 1 fully saturated rings. The molecule has 2 aliphatic heterocycles. The first kappa shape index (κ1) is 24.4. The summed E-state index contributed by atoms with van der Waals surface area (Å²) in [6.45, 7) is 0.552. The lowest BCUT2D eigenvalue weighted by Gasteiger charge is -2.30. The zero-order valence-corrected chi connectivity index (χ0v) is 21.0. The molecule has 1 N–H and O–H groups in total. The molecule has 186 valence electrons. The summed E-state index contributed by atoms with van der Waals surface area (Å²) in [5.74, 6) is -0.0200. The van der Waals surface area contributed by atoms with Crippen LogP contribution in [0.15, 0.2) is 60.7 Å². The number of nitrogens with one attached hydrogen (secondary N) is 1. The van der Waals surface area contributed by atoms with Crippen molar-refractivity contribution in [3.8, 4) is 11.5 Å². The fraction of sp³-hybridized carbons (Fsp3) is 0.269. The highest BCUT2D eigenvalue weighted by Crippen LogP contribution is 2.52. The molecule has 0 aromatic heterocycles. The van der Waals surface area contributed by atoms with Crippen LogP contribution in [0.25, 0.3) is 0 Å². The second-order valence-corrected chi connectivity index (χ2v) is 9.75. The number of likely N-dealkylation sites (N-methyl/N-ethyl adjacent to an activating group) is 1. The van der Waals surface area contributed by atoms with Crippen molar-refractivity contribution in [3.05, 3.63) is 97.5 Å². The van der Waals surface area contributed by atoms with Crippen LogP contribution in [0.4, 0.5) is 5.69 Å². The van der Waals surface area contributed by atoms with Gasteiger partial charge in [0.2, 0.25) is 0 Å². The first-order valence-corrected chi connectivity index (χ1v) is 12.0. The van der Waals surface area contributed by atoms with E-state index in [0.29, 0.717) is 44.9 Å². The van der Waals surface area contributed by atoms with Gasteiger partial charge in [0, 0.05) is 22.7 Å². The number of anilines is 1. The number of amides is 1. The fourth-order valence-corrected chi connectivity index (χ4v) is 5.73. The highest BCUT2D eigenvalue weighted by atomic mass is 35.5. The number of likely N-dealkylation sites (tertiary alicyclic amines) is 1. The maximum atomic E-state index is 13.3. The Kier molecular flexibility index (Phi) is 6.28. The first-order chi connectivity index (χ1) is 17.3. The number of hydrogen-bond donors (Lipinski definition) is 1. The van der Waals surface area contributed by atoms with Gasteiger partial charge in [-0.15, -0.1) is 0 Å². The average Bonchev–Trinajstić information content (AvgIpc) is 3.34. The van der Waals surface area contributed by atoms with E-state index in [0.717, 1.165) is 5.56 Å². The molecule has 1 spiro atoms. The van der Waals surface area contributed by atoms with Crippen LogP contribution < -0.4 is 14.8 Å². The molecule has 0 aliphatic carbocycles. The Morgan fingerprint density at radius 1 is 1.11 bits per heavy atom. The highest BCUT2D eigenvalue weighted by Gasteiger charge is 2.68. The Labute approximate surface area is 217 Å². The highest BCUT2D eigenvalue weighted by molar-refractivity contribution is 6.42. The smallest absolute Gasteiger partial charge is 0.256 e. The maximum Gasteiger partial charge on any atom is 0.256 e. The summed E-state index contributed by atoms with van der Waals surface area (Å²) in [4.78, 5) is 27.2. The van der Waals surface area contributed by atoms with Crippen molar-refractivity contribution in [1.82, 2.24) is 4.90 Å². The van der Waals surface area contributed by atoms with Crippen LogP contribution in [0.5, 0.6) is 11.5 Å². The van der Waals surface area contributed by atoms with Crippen molar-refractivity contribution in [2.24, 2.45) is 0 Å². The summed E-state index contributed by atoms with van der Waals surface area (Å²) in [7, 11) is 3.27. The number of rotatable bonds is 6. The van der Waals surface area contributed by atoms with E-state index >= 15 is 0 Å². The lowest BCUT2D eigenvalue weighted by molar-refractivity contribution is -0.534. The monoisotopic (exact) mass is 527 g/mol. The van der Waals surface area contributed by atoms with Crippen molar-refractivity contribution < 1.29 is 19.2 Å². The van der Waals surface area contributed by atoms with Gasteiger partial charge in [-0.1, -0.05) is 53.5 Å². The van der Waals surface area contributed by atoms with Crippen LogP contribution >= 0.6 is 23.2 Å². The number of carbonyl (C=O) groups excluding carboxylic acids is 1. The van der Waals surface area contributed by atoms with Crippen LogP contribution in [0.2, 0.25) is 10.0 Å². The van der Waals surface area contributed by atoms with Gasteiger partial charge in [-0.05, 0) is 48.5 Å². The van der Waals surface area contributed by atoms with Crippen LogP contribution in [0.3, 0.4) is 0 Å². The van der Waals surface area contributed by atoms with E-state index in [1.807, 2.05) is 6.07 Å². The fourth-order valence-electron chi connectivity index (χ4n) is 5.40. The van der Waals surface area contributed by atoms with E-state index in [9.17, 15) is 14.9 Å². The summed E-state index contributed by atoms with van der Waals surface area (Å²) in [5.41, 5.74) is 1.34. The number of nitrogens with zero attached hydrogens (tertiary/aromatic N) is 2. The summed E-state index contributed by atoms with van der Waals surface area (Å²) < 4.78 is 11.5. The standard InChI is InChI=1S/C26H23Cl2N3O5/c1-30-13-17(24(31(33)34)26(30)18-5-3-4-6-21(18)29-25(26)32)16-8-10-22(23(12-16)35-2)36-14-15-7-9-19(27)20(28)11-15/h3-12,17,24H,13-14H2,1-2H3,(H,29,32)/t17-,24+,26+/m0/s1. The quantitative estimate of drug-likeness (QED) is 0.354. The third-order valence-corrected chi connectivity index (χ3v) is 7.77. The molecule has 0 saturated carbocycles. The molecule has 0 bridgehead atoms. The van der Waals surface area contributed by atoms with E-state index in [4.69, 9.17) is 32.7 Å². The van der Waals surface area contributed by atoms with Gasteiger partial charge in [-0.25, -0.2) is 0 Å². The van der Waals surface area contributed by atoms with Gasteiger partial charge in [0.1, 0.15) is 6.61 Å². The minimum Gasteiger partial charge on any atom is -0.493 e. The number of benzene rings is 3. The predicted octanol–water partition coefficient (Wildman–Crippen LogP) is 5.10. The molecule has 3 aromatic rings. The first-order valence-electron chi connectivity index (χ1n) is 11.3. The Hall–Kier alpha value is -3.33. The molecule has 36 heavy (non-hydrogen) atoms. The minimum atomic E-state index is -1.40. The van der Waals surface area contributed by atoms with Gasteiger partial charge in [-0.3, -0.25) is 19.8 Å². The average molecular weight is 528 g/mol. The number of ether oxygens (including phenoxy) is 2. The van der Waals surface area contributed by atoms with Gasteiger partial charge in [-0.2, -0.15) is 0 Å². The summed E-state index contributed by atoms with van der Waals surface area (Å²) in [6.07, 6.45) is 0. The molecule has 0 radical (unpaired) electrons. The molecular formula is C26H23Cl2N3O5. The van der Waals surface area contributed by atoms with Gasteiger partial charge in [0.05, 0.1) is 23.1 Å². The molecule has 2 heterocycles. The lowest BCUT2D eigenvalue weighted by Crippen LogP contribution is -2.54. The molecule has 0 unspecified atom stereocenters. The van der Waals surface area contributed by atoms with E-state index < -0.39 is 17.5 Å². The van der Waals surface area contributed by atoms with Gasteiger partial charge in [0.15, 0.2) is 17.0 Å². The Morgan fingerprint density at radius 2 is 1.89 bits per heavy atom. The zero-order valence-electron chi connectivity index (χ0n) is 19.5. The maximum absolute atomic E-state index is 13.3. The van der Waals surface area contributed by atoms with E-state index in [2.05, 4.69) is 5.32 Å². The summed E-state index contributed by atoms with van der Waals surface area (Å²) in [5, 5.41) is 16.2. The normalized spacial score (nSPS) is 22.9. The largest absolute Gasteiger partial charge is 0.493 e. The second-order valence-electron chi connectivity index (χ2n) is 8.93. The second kappa shape index (κ2) is 9.28. The van der Waals surface area contributed by atoms with Crippen LogP contribution in [-0.2, 0) is 16.9 Å². The molecule has 2 aliphatic rings. The topological polar surface area (TPSA) is 93.9 Å². The molecule has 5 rings (SSSR count). The number of methoxy groups -OCH3 is 1. The third-order valence-electron chi connectivity index (χ3n) is 7.04. The Bertz CT molecular complexity index is 1370. The number of fused-ring (bicyclic) bond motifs is 2. The van der Waals surface area contributed by atoms with Crippen molar-refractivity contribution in [2.75, 3.05) is 26.0 Å². The minimum absolute atomic E-state index is 0.232. The zero-order chi connectivity index (χ0) is 25.6. The van der Waals surface area contributed by atoms with Crippen LogP contribution in [0, 0.1) is 10.1 Å². The molecule has 1 amide bonds. The molecule has 3 aromatic carbocycles. The molecular weight excluding hydrogens is 505 g/mol. The number of para-hydroxylation sites is 1. The van der Waals surface area contributed by atoms with Gasteiger partial charge >= 0.3 is 0 Å². The summed E-state index contributed by atoms with van der Waals surface area (Å²) in [6, 6.07) is 16.5. The van der Waals surface area contributed by atoms with Gasteiger partial charge < -0.3 is 14.8 Å². The molecule has 1 saturated heterocycles. The molecule has 3 atom stereocenters. The van der Waals surface area contributed by atoms with Crippen molar-refractivity contribution in [2.45, 2.75) is 24.1 Å². The SMILES string of the molecule is COc1cc([C@@H]2CN(C)[C@@]3(C(=O)Nc4ccccc43)[C@@H]2[N+](=O)[O-])ccc1OCc1ccc(Cl)c(Cl)c1. The lowest BCUT2D eigenvalue weighted by atomic mass is 9.79. The Balaban J connectivity index is 1.47. The van der Waals surface area contributed by atoms with Crippen LogP contribution in [0.1, 0.15) is 22.6 Å². The van der Waals surface area contributed by atoms with Crippen LogP contribution in [-0.4, -0.2) is 42.5 Å². The van der Waals surface area contributed by atoms with E-state index in [-0.39, 0.29) is 17.4 Å². The Morgan fingerprint density at radius 3 is 2.61 bits per heavy atom. The predicted molar refractivity (Wildman–Crippen MR) is 137 cm³/mol. The number of nitro groups is 1. The van der Waals surface area contributed by atoms with Crippen molar-refractivity contribution in [1.29, 1.82) is 0 Å². The number of hydrogen-bond acceptors (Lipinski definition) is 6. The van der Waals surface area contributed by atoms with E-state index in [1.165, 1.54) is 7.11 Å². The summed E-state index contributed by atoms with van der Waals surface area (Å²) >= 11 is 12.1.